The molecular formula is C19H20F2N2O4S. The van der Waals surface area contributed by atoms with Gasteiger partial charge < -0.3 is 20.1 Å². The molecule has 1 saturated carbocycles. The Morgan fingerprint density at radius 1 is 1.21 bits per heavy atom. The van der Waals surface area contributed by atoms with Crippen molar-refractivity contribution in [2.24, 2.45) is 5.92 Å². The van der Waals surface area contributed by atoms with E-state index in [0.29, 0.717) is 22.8 Å². The Balaban J connectivity index is 1.49. The number of carbonyl (C=O) groups is 2. The molecule has 0 radical (unpaired) electrons. The first-order valence-corrected chi connectivity index (χ1v) is 9.58. The monoisotopic (exact) mass is 410 g/mol. The van der Waals surface area contributed by atoms with E-state index in [1.165, 1.54) is 24.5 Å². The van der Waals surface area contributed by atoms with Gasteiger partial charge in [-0.2, -0.15) is 8.78 Å². The maximum absolute atomic E-state index is 12.4. The summed E-state index contributed by atoms with van der Waals surface area (Å²) in [6.45, 7) is -2.57. The van der Waals surface area contributed by atoms with Gasteiger partial charge in [0.2, 0.25) is 5.91 Å². The lowest BCUT2D eigenvalue weighted by atomic mass is 10.1. The summed E-state index contributed by atoms with van der Waals surface area (Å²) in [5, 5.41) is 6.27. The molecule has 1 aliphatic carbocycles. The van der Waals surface area contributed by atoms with Crippen LogP contribution < -0.4 is 20.1 Å². The first-order chi connectivity index (χ1) is 13.5. The normalized spacial score (nSPS) is 13.3. The fraction of sp³-hybridized carbons (Fsp3) is 0.368. The van der Waals surface area contributed by atoms with Gasteiger partial charge in [-0.15, -0.1) is 11.3 Å². The van der Waals surface area contributed by atoms with Crippen molar-refractivity contribution in [2.75, 3.05) is 19.0 Å². The van der Waals surface area contributed by atoms with Crippen LogP contribution in [0.25, 0.3) is 0 Å². The minimum Gasteiger partial charge on any atom is -0.493 e. The number of alkyl halides is 2. The Bertz CT molecular complexity index is 852. The van der Waals surface area contributed by atoms with Crippen molar-refractivity contribution >= 4 is 28.2 Å². The number of halogens is 2. The van der Waals surface area contributed by atoms with Gasteiger partial charge in [-0.1, -0.05) is 6.07 Å². The first-order valence-electron chi connectivity index (χ1n) is 8.77. The standard InChI is InChI=1S/C19H20F2N2O4S/c1-26-14-10-11(2-5-13(14)27-19(20)21)8-9-22-18(25)15-6-7-16(28-15)23-17(24)12-3-4-12/h2,5-7,10,12,19H,3-4,8-9H2,1H3,(H,22,25)(H,23,24). The molecule has 150 valence electrons. The van der Waals surface area contributed by atoms with Crippen molar-refractivity contribution in [1.29, 1.82) is 0 Å². The molecule has 2 amide bonds. The number of amides is 2. The van der Waals surface area contributed by atoms with E-state index in [4.69, 9.17) is 4.74 Å². The van der Waals surface area contributed by atoms with Crippen LogP contribution in [0.3, 0.4) is 0 Å². The molecule has 9 heteroatoms. The fourth-order valence-electron chi connectivity index (χ4n) is 2.56. The SMILES string of the molecule is COc1cc(CCNC(=O)c2ccc(NC(=O)C3CC3)s2)ccc1OC(F)F. The first kappa shape index (κ1) is 20.1. The average Bonchev–Trinajstić information content (AvgIpc) is 3.42. The third-order valence-electron chi connectivity index (χ3n) is 4.17. The van der Waals surface area contributed by atoms with Crippen molar-refractivity contribution in [3.8, 4) is 11.5 Å². The number of rotatable bonds is 9. The number of carbonyl (C=O) groups excluding carboxylic acids is 2. The number of thiophene rings is 1. The van der Waals surface area contributed by atoms with Gasteiger partial charge in [0, 0.05) is 12.5 Å². The number of hydrogen-bond donors (Lipinski definition) is 2. The lowest BCUT2D eigenvalue weighted by Gasteiger charge is -2.11. The lowest BCUT2D eigenvalue weighted by Crippen LogP contribution is -2.24. The topological polar surface area (TPSA) is 76.7 Å². The van der Waals surface area contributed by atoms with Crippen molar-refractivity contribution in [2.45, 2.75) is 25.9 Å². The molecule has 0 unspecified atom stereocenters. The van der Waals surface area contributed by atoms with Crippen LogP contribution in [0.1, 0.15) is 28.1 Å². The van der Waals surface area contributed by atoms with Crippen LogP contribution in [0.2, 0.25) is 0 Å². The molecular weight excluding hydrogens is 390 g/mol. The summed E-state index contributed by atoms with van der Waals surface area (Å²) in [5.41, 5.74) is 0.808. The van der Waals surface area contributed by atoms with Gasteiger partial charge >= 0.3 is 6.61 Å². The zero-order valence-corrected chi connectivity index (χ0v) is 16.0. The zero-order chi connectivity index (χ0) is 20.1. The van der Waals surface area contributed by atoms with Gasteiger partial charge in [0.05, 0.1) is 17.0 Å². The van der Waals surface area contributed by atoms with Crippen LogP contribution in [0.5, 0.6) is 11.5 Å². The molecule has 3 rings (SSSR count). The summed E-state index contributed by atoms with van der Waals surface area (Å²) in [7, 11) is 1.37. The van der Waals surface area contributed by atoms with Crippen LogP contribution >= 0.6 is 11.3 Å². The number of nitrogens with one attached hydrogen (secondary N) is 2. The number of methoxy groups -OCH3 is 1. The smallest absolute Gasteiger partial charge is 0.387 e. The summed E-state index contributed by atoms with van der Waals surface area (Å²) >= 11 is 1.22. The summed E-state index contributed by atoms with van der Waals surface area (Å²) < 4.78 is 34.2. The highest BCUT2D eigenvalue weighted by atomic mass is 32.1. The Kier molecular flexibility index (Phi) is 6.45. The van der Waals surface area contributed by atoms with Crippen LogP contribution in [-0.4, -0.2) is 32.1 Å². The maximum atomic E-state index is 12.4. The van der Waals surface area contributed by atoms with E-state index in [1.807, 2.05) is 0 Å². The van der Waals surface area contributed by atoms with E-state index in [9.17, 15) is 18.4 Å². The van der Waals surface area contributed by atoms with Gasteiger partial charge in [-0.3, -0.25) is 9.59 Å². The summed E-state index contributed by atoms with van der Waals surface area (Å²) in [6, 6.07) is 8.04. The van der Waals surface area contributed by atoms with E-state index < -0.39 is 6.61 Å². The van der Waals surface area contributed by atoms with Gasteiger partial charge in [-0.05, 0) is 49.1 Å². The second kappa shape index (κ2) is 9.01. The fourth-order valence-corrected chi connectivity index (χ4v) is 3.39. The van der Waals surface area contributed by atoms with E-state index in [0.717, 1.165) is 18.4 Å². The Morgan fingerprint density at radius 2 is 2.00 bits per heavy atom. The second-order valence-corrected chi connectivity index (χ2v) is 7.38. The molecule has 1 fully saturated rings. The Hall–Kier alpha value is -2.68. The summed E-state index contributed by atoms with van der Waals surface area (Å²) in [5.74, 6) is 0.0421. The molecule has 6 nitrogen and oxygen atoms in total. The average molecular weight is 410 g/mol. The maximum Gasteiger partial charge on any atom is 0.387 e. The second-order valence-electron chi connectivity index (χ2n) is 6.30. The molecule has 28 heavy (non-hydrogen) atoms. The quantitative estimate of drug-likeness (QED) is 0.661. The minimum atomic E-state index is -2.93. The van der Waals surface area contributed by atoms with Crippen molar-refractivity contribution in [3.63, 3.8) is 0 Å². The van der Waals surface area contributed by atoms with Gasteiger partial charge in [0.1, 0.15) is 0 Å². The molecule has 2 N–H and O–H groups in total. The molecule has 0 bridgehead atoms. The van der Waals surface area contributed by atoms with Gasteiger partial charge in [-0.25, -0.2) is 0 Å². The van der Waals surface area contributed by atoms with Crippen molar-refractivity contribution < 1.29 is 27.8 Å². The highest BCUT2D eigenvalue weighted by Gasteiger charge is 2.29. The van der Waals surface area contributed by atoms with E-state index >= 15 is 0 Å². The number of anilines is 1. The number of hydrogen-bond acceptors (Lipinski definition) is 5. The summed E-state index contributed by atoms with van der Waals surface area (Å²) in [6.07, 6.45) is 2.34. The van der Waals surface area contributed by atoms with Crippen LogP contribution in [0, 0.1) is 5.92 Å². The van der Waals surface area contributed by atoms with Crippen LogP contribution in [-0.2, 0) is 11.2 Å². The van der Waals surface area contributed by atoms with Gasteiger partial charge in [0.25, 0.3) is 5.91 Å². The van der Waals surface area contributed by atoms with Crippen LogP contribution in [0.4, 0.5) is 13.8 Å². The third-order valence-corrected chi connectivity index (χ3v) is 5.17. The molecule has 1 aromatic carbocycles. The third kappa shape index (κ3) is 5.41. The minimum absolute atomic E-state index is 0.00187. The largest absolute Gasteiger partial charge is 0.493 e. The number of ether oxygens (including phenoxy) is 2. The summed E-state index contributed by atoms with van der Waals surface area (Å²) in [4.78, 5) is 24.5. The van der Waals surface area contributed by atoms with E-state index in [2.05, 4.69) is 15.4 Å². The molecule has 1 aromatic heterocycles. The van der Waals surface area contributed by atoms with E-state index in [1.54, 1.807) is 24.3 Å². The molecule has 1 heterocycles. The molecule has 2 aromatic rings. The highest BCUT2D eigenvalue weighted by molar-refractivity contribution is 7.18. The Morgan fingerprint density at radius 3 is 2.68 bits per heavy atom. The number of benzene rings is 1. The molecule has 0 spiro atoms. The molecule has 1 aliphatic rings. The molecule has 0 aliphatic heterocycles. The highest BCUT2D eigenvalue weighted by Crippen LogP contribution is 2.32. The van der Waals surface area contributed by atoms with Crippen molar-refractivity contribution in [3.05, 3.63) is 40.8 Å². The predicted octanol–water partition coefficient (Wildman–Crippen LogP) is 3.68. The van der Waals surface area contributed by atoms with Gasteiger partial charge in [0.15, 0.2) is 11.5 Å². The van der Waals surface area contributed by atoms with Crippen LogP contribution in [0.15, 0.2) is 30.3 Å². The predicted molar refractivity (Wildman–Crippen MR) is 101 cm³/mol. The zero-order valence-electron chi connectivity index (χ0n) is 15.2. The van der Waals surface area contributed by atoms with E-state index in [-0.39, 0.29) is 29.2 Å². The van der Waals surface area contributed by atoms with Crippen molar-refractivity contribution in [1.82, 2.24) is 5.32 Å². The molecule has 0 saturated heterocycles. The lowest BCUT2D eigenvalue weighted by molar-refractivity contribution is -0.117. The molecule has 0 atom stereocenters. The Labute approximate surface area is 164 Å².